The van der Waals surface area contributed by atoms with E-state index < -0.39 is 0 Å². The molecule has 3 heterocycles. The van der Waals surface area contributed by atoms with E-state index in [4.69, 9.17) is 19.2 Å². The quantitative estimate of drug-likeness (QED) is 0.475. The summed E-state index contributed by atoms with van der Waals surface area (Å²) in [5.74, 6) is 0.580. The van der Waals surface area contributed by atoms with Gasteiger partial charge in [0.15, 0.2) is 0 Å². The molecule has 0 aliphatic carbocycles. The molecule has 3 aromatic rings. The molecule has 2 aliphatic rings. The first-order chi connectivity index (χ1) is 17.0. The molecule has 5 rings (SSSR count). The normalized spacial score (nSPS) is 18.9. The van der Waals surface area contributed by atoms with E-state index in [-0.39, 0.29) is 17.4 Å². The van der Waals surface area contributed by atoms with E-state index >= 15 is 0 Å². The summed E-state index contributed by atoms with van der Waals surface area (Å²) >= 11 is 0. The summed E-state index contributed by atoms with van der Waals surface area (Å²) in [7, 11) is 0. The van der Waals surface area contributed by atoms with Crippen LogP contribution in [0.5, 0.6) is 5.75 Å². The Labute approximate surface area is 206 Å². The van der Waals surface area contributed by atoms with Crippen LogP contribution in [0.15, 0.2) is 48.7 Å². The molecule has 0 bridgehead atoms. The van der Waals surface area contributed by atoms with Crippen molar-refractivity contribution in [2.24, 2.45) is 5.41 Å². The summed E-state index contributed by atoms with van der Waals surface area (Å²) in [5.41, 5.74) is 4.56. The number of fused-ring (bicyclic) bond motifs is 1. The number of hydrogen-bond donors (Lipinski definition) is 2. The number of amides is 1. The number of nitrogens with zero attached hydrogens (tertiary/aromatic N) is 1. The first-order valence-corrected chi connectivity index (χ1v) is 12.3. The second kappa shape index (κ2) is 10.3. The fourth-order valence-electron chi connectivity index (χ4n) is 4.55. The molecule has 2 aromatic carbocycles. The third-order valence-corrected chi connectivity index (χ3v) is 6.77. The number of nitrogens with one attached hydrogen (secondary N) is 2. The number of ether oxygens (including phenoxy) is 3. The lowest BCUT2D eigenvalue weighted by molar-refractivity contribution is -0.0991. The average Bonchev–Trinajstić information content (AvgIpc) is 3.37. The molecule has 184 valence electrons. The Morgan fingerprint density at radius 2 is 2.03 bits per heavy atom. The number of carbonyl (C=O) groups excluding carboxylic acids is 1. The van der Waals surface area contributed by atoms with Crippen LogP contribution in [0.3, 0.4) is 0 Å². The summed E-state index contributed by atoms with van der Waals surface area (Å²) in [4.78, 5) is 17.5. The van der Waals surface area contributed by atoms with Crippen LogP contribution in [-0.2, 0) is 16.0 Å². The van der Waals surface area contributed by atoms with Gasteiger partial charge in [-0.05, 0) is 67.3 Å². The van der Waals surface area contributed by atoms with Crippen molar-refractivity contribution in [2.45, 2.75) is 39.3 Å². The topological polar surface area (TPSA) is 81.7 Å². The third-order valence-electron chi connectivity index (χ3n) is 6.77. The number of aryl methyl sites for hydroxylation is 1. The monoisotopic (exact) mass is 475 g/mol. The van der Waals surface area contributed by atoms with E-state index in [1.807, 2.05) is 37.4 Å². The minimum absolute atomic E-state index is 0.160. The van der Waals surface area contributed by atoms with Crippen LogP contribution in [0.4, 0.5) is 5.69 Å². The van der Waals surface area contributed by atoms with Crippen molar-refractivity contribution in [3.05, 3.63) is 65.4 Å². The van der Waals surface area contributed by atoms with Crippen molar-refractivity contribution in [1.29, 1.82) is 0 Å². The van der Waals surface area contributed by atoms with Crippen LogP contribution in [0.25, 0.3) is 10.9 Å². The fourth-order valence-corrected chi connectivity index (χ4v) is 4.55. The number of hydrogen-bond acceptors (Lipinski definition) is 6. The minimum atomic E-state index is -0.160. The lowest BCUT2D eigenvalue weighted by Gasteiger charge is -2.38. The van der Waals surface area contributed by atoms with E-state index in [0.29, 0.717) is 12.2 Å². The van der Waals surface area contributed by atoms with E-state index in [9.17, 15) is 4.79 Å². The van der Waals surface area contributed by atoms with Crippen LogP contribution in [0.2, 0.25) is 0 Å². The van der Waals surface area contributed by atoms with Crippen LogP contribution in [0, 0.1) is 12.3 Å². The number of rotatable bonds is 9. The van der Waals surface area contributed by atoms with Gasteiger partial charge in [0.25, 0.3) is 5.91 Å². The predicted octanol–water partition coefficient (Wildman–Crippen LogP) is 4.48. The van der Waals surface area contributed by atoms with Gasteiger partial charge in [-0.15, -0.1) is 0 Å². The fraction of sp³-hybridized carbons (Fsp3) is 0.429. The number of carbonyl (C=O) groups is 1. The molecule has 7 nitrogen and oxygen atoms in total. The lowest BCUT2D eigenvalue weighted by atomic mass is 9.89. The van der Waals surface area contributed by atoms with Crippen molar-refractivity contribution in [1.82, 2.24) is 10.3 Å². The van der Waals surface area contributed by atoms with Gasteiger partial charge in [-0.1, -0.05) is 13.0 Å². The maximum atomic E-state index is 12.9. The summed E-state index contributed by atoms with van der Waals surface area (Å²) in [5, 5.41) is 7.60. The molecular formula is C28H33N3O4. The second-order valence-electron chi connectivity index (χ2n) is 9.98. The molecule has 35 heavy (non-hydrogen) atoms. The van der Waals surface area contributed by atoms with Gasteiger partial charge in [0.05, 0.1) is 24.8 Å². The molecule has 2 saturated heterocycles. The summed E-state index contributed by atoms with van der Waals surface area (Å²) in [6, 6.07) is 13.3. The highest BCUT2D eigenvalue weighted by Crippen LogP contribution is 2.27. The van der Waals surface area contributed by atoms with Gasteiger partial charge in [-0.3, -0.25) is 9.78 Å². The average molecular weight is 476 g/mol. The Hall–Kier alpha value is -3.00. The highest BCUT2D eigenvalue weighted by atomic mass is 16.5. The van der Waals surface area contributed by atoms with Gasteiger partial charge in [-0.2, -0.15) is 0 Å². The zero-order valence-electron chi connectivity index (χ0n) is 20.4. The molecule has 2 aliphatic heterocycles. The third kappa shape index (κ3) is 5.64. The van der Waals surface area contributed by atoms with Gasteiger partial charge >= 0.3 is 0 Å². The Morgan fingerprint density at radius 1 is 1.20 bits per heavy atom. The first-order valence-electron chi connectivity index (χ1n) is 12.3. The molecular weight excluding hydrogens is 442 g/mol. The number of pyridine rings is 1. The summed E-state index contributed by atoms with van der Waals surface area (Å²) in [6.07, 6.45) is 4.20. The van der Waals surface area contributed by atoms with Crippen molar-refractivity contribution >= 4 is 22.5 Å². The Kier molecular flexibility index (Phi) is 7.00. The Morgan fingerprint density at radius 3 is 2.74 bits per heavy atom. The van der Waals surface area contributed by atoms with Gasteiger partial charge < -0.3 is 24.8 Å². The molecule has 0 saturated carbocycles. The van der Waals surface area contributed by atoms with Crippen LogP contribution in [-0.4, -0.2) is 50.0 Å². The highest BCUT2D eigenvalue weighted by Gasteiger charge is 2.32. The number of benzene rings is 2. The van der Waals surface area contributed by atoms with Crippen molar-refractivity contribution in [3.63, 3.8) is 0 Å². The number of aromatic nitrogens is 1. The molecule has 7 heteroatoms. The van der Waals surface area contributed by atoms with Crippen LogP contribution < -0.4 is 15.4 Å². The van der Waals surface area contributed by atoms with E-state index in [1.165, 1.54) is 0 Å². The van der Waals surface area contributed by atoms with Crippen molar-refractivity contribution < 1.29 is 19.0 Å². The van der Waals surface area contributed by atoms with Gasteiger partial charge in [0.2, 0.25) is 0 Å². The van der Waals surface area contributed by atoms with Crippen molar-refractivity contribution in [2.75, 3.05) is 38.3 Å². The van der Waals surface area contributed by atoms with Crippen LogP contribution in [0.1, 0.15) is 41.3 Å². The molecule has 1 amide bonds. The Bertz CT molecular complexity index is 1180. The SMILES string of the molecule is Cc1c(NC(=O)c2ccc(OC[C@@H]3CCCO3)cc2)ccc2cc(CNCC3(C)COC3)cnc12. The second-order valence-corrected chi connectivity index (χ2v) is 9.98. The van der Waals surface area contributed by atoms with Crippen LogP contribution >= 0.6 is 0 Å². The maximum absolute atomic E-state index is 12.9. The molecule has 0 radical (unpaired) electrons. The number of anilines is 1. The predicted molar refractivity (Wildman–Crippen MR) is 136 cm³/mol. The lowest BCUT2D eigenvalue weighted by Crippen LogP contribution is -2.47. The van der Waals surface area contributed by atoms with Gasteiger partial charge in [0, 0.05) is 47.9 Å². The van der Waals surface area contributed by atoms with Gasteiger partial charge in [0.1, 0.15) is 12.4 Å². The molecule has 1 atom stereocenters. The molecule has 1 aromatic heterocycles. The van der Waals surface area contributed by atoms with E-state index in [0.717, 1.165) is 79.2 Å². The summed E-state index contributed by atoms with van der Waals surface area (Å²) < 4.78 is 16.7. The first kappa shape index (κ1) is 23.7. The largest absolute Gasteiger partial charge is 0.491 e. The molecule has 0 unspecified atom stereocenters. The van der Waals surface area contributed by atoms with E-state index in [1.54, 1.807) is 12.1 Å². The zero-order chi connectivity index (χ0) is 24.3. The van der Waals surface area contributed by atoms with Gasteiger partial charge in [-0.25, -0.2) is 0 Å². The van der Waals surface area contributed by atoms with E-state index in [2.05, 4.69) is 23.6 Å². The minimum Gasteiger partial charge on any atom is -0.491 e. The summed E-state index contributed by atoms with van der Waals surface area (Å²) in [6.45, 7) is 8.90. The Balaban J connectivity index is 1.19. The molecule has 0 spiro atoms. The standard InChI is InChI=1S/C28H33N3O4/c1-19-25(31-27(32)21-5-8-23(9-6-21)35-15-24-4-3-11-34-24)10-7-22-12-20(14-30-26(19)22)13-29-16-28(2)17-33-18-28/h5-10,12,14,24,29H,3-4,11,13,15-18H2,1-2H3,(H,31,32)/t24-/m0/s1. The van der Waals surface area contributed by atoms with Crippen molar-refractivity contribution in [3.8, 4) is 5.75 Å². The molecule has 2 N–H and O–H groups in total. The maximum Gasteiger partial charge on any atom is 0.255 e. The zero-order valence-corrected chi connectivity index (χ0v) is 20.4. The highest BCUT2D eigenvalue weighted by molar-refractivity contribution is 6.06. The molecule has 2 fully saturated rings. The smallest absolute Gasteiger partial charge is 0.255 e.